The van der Waals surface area contributed by atoms with E-state index < -0.39 is 0 Å². The number of allylic oxidation sites excluding steroid dienone is 8. The summed E-state index contributed by atoms with van der Waals surface area (Å²) in [6.45, 7) is 4.26. The van der Waals surface area contributed by atoms with Gasteiger partial charge in [-0.05, 0) is 30.9 Å². The highest BCUT2D eigenvalue weighted by Gasteiger charge is 1.99. The maximum absolute atomic E-state index is 2.30. The molecule has 1 rings (SSSR count). The topological polar surface area (TPSA) is 0 Å². The van der Waals surface area contributed by atoms with E-state index in [1.54, 1.807) is 0 Å². The van der Waals surface area contributed by atoms with Crippen molar-refractivity contribution in [3.8, 4) is 0 Å². The Morgan fingerprint density at radius 2 is 2.33 bits per heavy atom. The maximum atomic E-state index is 2.30. The standard InChI is InChI=1S/C12H16/c1-3-8-12-10-7-5-6-9-11(12)4-2/h3,5,7-10H,4,6H2,1-2H3/b8-3-. The van der Waals surface area contributed by atoms with Gasteiger partial charge in [0.25, 0.3) is 0 Å². The summed E-state index contributed by atoms with van der Waals surface area (Å²) in [5.41, 5.74) is 2.81. The predicted molar refractivity (Wildman–Crippen MR) is 55.0 cm³/mol. The minimum Gasteiger partial charge on any atom is -0.0871 e. The van der Waals surface area contributed by atoms with Crippen LogP contribution in [0.5, 0.6) is 0 Å². The molecule has 0 N–H and O–H groups in total. The lowest BCUT2D eigenvalue weighted by Crippen LogP contribution is -1.83. The number of rotatable bonds is 2. The molecule has 0 spiro atoms. The van der Waals surface area contributed by atoms with Crippen molar-refractivity contribution in [2.24, 2.45) is 0 Å². The molecule has 0 nitrogen and oxygen atoms in total. The van der Waals surface area contributed by atoms with Crippen molar-refractivity contribution in [1.82, 2.24) is 0 Å². The first kappa shape index (κ1) is 9.05. The van der Waals surface area contributed by atoms with Crippen LogP contribution in [0.1, 0.15) is 26.7 Å². The molecule has 0 aromatic carbocycles. The van der Waals surface area contributed by atoms with Gasteiger partial charge in [0.2, 0.25) is 0 Å². The Hall–Kier alpha value is -1.04. The lowest BCUT2D eigenvalue weighted by Gasteiger charge is -2.03. The van der Waals surface area contributed by atoms with Gasteiger partial charge in [-0.3, -0.25) is 0 Å². The quantitative estimate of drug-likeness (QED) is 0.576. The largest absolute Gasteiger partial charge is 0.0871 e. The Bertz CT molecular complexity index is 249. The molecule has 0 heteroatoms. The lowest BCUT2D eigenvalue weighted by atomic mass is 10.0. The maximum Gasteiger partial charge on any atom is -0.0160 e. The molecule has 1 aliphatic rings. The second-order valence-electron chi connectivity index (χ2n) is 2.87. The lowest BCUT2D eigenvalue weighted by molar-refractivity contribution is 1.11. The molecule has 0 saturated carbocycles. The van der Waals surface area contributed by atoms with Crippen LogP contribution < -0.4 is 0 Å². The first-order valence-electron chi connectivity index (χ1n) is 4.57. The van der Waals surface area contributed by atoms with Crippen LogP contribution in [0.15, 0.2) is 47.6 Å². The van der Waals surface area contributed by atoms with Gasteiger partial charge in [-0.2, -0.15) is 0 Å². The molecule has 0 radical (unpaired) electrons. The van der Waals surface area contributed by atoms with Gasteiger partial charge in [0, 0.05) is 0 Å². The average Bonchev–Trinajstić information content (AvgIpc) is 2.30. The first-order chi connectivity index (χ1) is 5.88. The molecule has 0 aromatic rings. The van der Waals surface area contributed by atoms with E-state index in [1.165, 1.54) is 11.1 Å². The SMILES string of the molecule is C/C=C\C1=CC=CCC=C1CC. The molecule has 0 bridgehead atoms. The highest BCUT2D eigenvalue weighted by molar-refractivity contribution is 5.43. The minimum absolute atomic E-state index is 1.07. The van der Waals surface area contributed by atoms with Crippen LogP contribution in [0.4, 0.5) is 0 Å². The van der Waals surface area contributed by atoms with Crippen LogP contribution in [-0.4, -0.2) is 0 Å². The summed E-state index contributed by atoms with van der Waals surface area (Å²) in [6.07, 6.45) is 15.3. The third-order valence-corrected chi connectivity index (χ3v) is 2.01. The van der Waals surface area contributed by atoms with Crippen LogP contribution in [-0.2, 0) is 0 Å². The number of hydrogen-bond donors (Lipinski definition) is 0. The number of hydrogen-bond acceptors (Lipinski definition) is 0. The predicted octanol–water partition coefficient (Wildman–Crippen LogP) is 3.79. The van der Waals surface area contributed by atoms with Crippen LogP contribution in [0, 0.1) is 0 Å². The Balaban J connectivity index is 2.89. The Kier molecular flexibility index (Phi) is 3.59. The van der Waals surface area contributed by atoms with E-state index >= 15 is 0 Å². The molecule has 12 heavy (non-hydrogen) atoms. The highest BCUT2D eigenvalue weighted by Crippen LogP contribution is 2.18. The van der Waals surface area contributed by atoms with Gasteiger partial charge in [-0.1, -0.05) is 43.4 Å². The van der Waals surface area contributed by atoms with Crippen molar-refractivity contribution >= 4 is 0 Å². The summed E-state index contributed by atoms with van der Waals surface area (Å²) in [5.74, 6) is 0. The third-order valence-electron chi connectivity index (χ3n) is 2.01. The summed E-state index contributed by atoms with van der Waals surface area (Å²) in [7, 11) is 0. The molecule has 0 aliphatic heterocycles. The first-order valence-corrected chi connectivity index (χ1v) is 4.57. The van der Waals surface area contributed by atoms with Crippen molar-refractivity contribution in [3.05, 3.63) is 47.6 Å². The van der Waals surface area contributed by atoms with Crippen molar-refractivity contribution in [2.45, 2.75) is 26.7 Å². The van der Waals surface area contributed by atoms with E-state index in [-0.39, 0.29) is 0 Å². The van der Waals surface area contributed by atoms with Gasteiger partial charge < -0.3 is 0 Å². The van der Waals surface area contributed by atoms with Gasteiger partial charge in [0.1, 0.15) is 0 Å². The smallest absolute Gasteiger partial charge is 0.0160 e. The summed E-state index contributed by atoms with van der Waals surface area (Å²) in [6, 6.07) is 0. The molecule has 1 aliphatic carbocycles. The average molecular weight is 160 g/mol. The second kappa shape index (κ2) is 4.76. The molecule has 0 saturated heterocycles. The van der Waals surface area contributed by atoms with Crippen LogP contribution in [0.25, 0.3) is 0 Å². The van der Waals surface area contributed by atoms with E-state index in [0.29, 0.717) is 0 Å². The molecular formula is C12H16. The fraction of sp³-hybridized carbons (Fsp3) is 0.333. The molecule has 0 unspecified atom stereocenters. The summed E-state index contributed by atoms with van der Waals surface area (Å²) < 4.78 is 0. The Morgan fingerprint density at radius 1 is 1.50 bits per heavy atom. The van der Waals surface area contributed by atoms with Crippen LogP contribution >= 0.6 is 0 Å². The van der Waals surface area contributed by atoms with E-state index in [9.17, 15) is 0 Å². The highest BCUT2D eigenvalue weighted by atomic mass is 14.0. The molecule has 0 heterocycles. The van der Waals surface area contributed by atoms with Gasteiger partial charge >= 0.3 is 0 Å². The fourth-order valence-electron chi connectivity index (χ4n) is 1.38. The second-order valence-corrected chi connectivity index (χ2v) is 2.87. The summed E-state index contributed by atoms with van der Waals surface area (Å²) >= 11 is 0. The van der Waals surface area contributed by atoms with E-state index in [1.807, 2.05) is 0 Å². The zero-order valence-electron chi connectivity index (χ0n) is 7.88. The molecule has 0 amide bonds. The minimum atomic E-state index is 1.07. The molecule has 64 valence electrons. The summed E-state index contributed by atoms with van der Waals surface area (Å²) in [5, 5.41) is 0. The van der Waals surface area contributed by atoms with Crippen LogP contribution in [0.2, 0.25) is 0 Å². The van der Waals surface area contributed by atoms with Crippen molar-refractivity contribution in [2.75, 3.05) is 0 Å². The van der Waals surface area contributed by atoms with E-state index in [2.05, 4.69) is 50.3 Å². The summed E-state index contributed by atoms with van der Waals surface area (Å²) in [4.78, 5) is 0. The van der Waals surface area contributed by atoms with Crippen LogP contribution in [0.3, 0.4) is 0 Å². The Labute approximate surface area is 75.0 Å². The molecule has 0 aromatic heterocycles. The Morgan fingerprint density at radius 3 is 3.00 bits per heavy atom. The molecular weight excluding hydrogens is 144 g/mol. The monoisotopic (exact) mass is 160 g/mol. The zero-order valence-corrected chi connectivity index (χ0v) is 7.88. The van der Waals surface area contributed by atoms with Gasteiger partial charge in [0.15, 0.2) is 0 Å². The fourth-order valence-corrected chi connectivity index (χ4v) is 1.38. The van der Waals surface area contributed by atoms with Crippen molar-refractivity contribution < 1.29 is 0 Å². The van der Waals surface area contributed by atoms with E-state index in [4.69, 9.17) is 0 Å². The van der Waals surface area contributed by atoms with E-state index in [0.717, 1.165) is 12.8 Å². The van der Waals surface area contributed by atoms with Gasteiger partial charge in [-0.25, -0.2) is 0 Å². The molecule has 0 atom stereocenters. The normalized spacial score (nSPS) is 17.5. The van der Waals surface area contributed by atoms with Crippen molar-refractivity contribution in [3.63, 3.8) is 0 Å². The zero-order chi connectivity index (χ0) is 8.81. The van der Waals surface area contributed by atoms with Gasteiger partial charge in [-0.15, -0.1) is 0 Å². The third kappa shape index (κ3) is 2.23. The van der Waals surface area contributed by atoms with Crippen molar-refractivity contribution in [1.29, 1.82) is 0 Å². The van der Waals surface area contributed by atoms with Gasteiger partial charge in [0.05, 0.1) is 0 Å². The molecule has 0 fully saturated rings.